The van der Waals surface area contributed by atoms with Crippen LogP contribution in [0.4, 0.5) is 5.69 Å². The molecule has 0 saturated heterocycles. The second-order valence-corrected chi connectivity index (χ2v) is 4.98. The molecule has 100 valence electrons. The highest BCUT2D eigenvalue weighted by molar-refractivity contribution is 5.95. The van der Waals surface area contributed by atoms with E-state index in [4.69, 9.17) is 10.9 Å². The predicted molar refractivity (Wildman–Crippen MR) is 74.1 cm³/mol. The van der Waals surface area contributed by atoms with Crippen molar-refractivity contribution in [3.8, 4) is 0 Å². The van der Waals surface area contributed by atoms with Gasteiger partial charge in [0, 0.05) is 13.1 Å². The molecular weight excluding hydrogens is 228 g/mol. The molecule has 0 saturated carbocycles. The van der Waals surface area contributed by atoms with Gasteiger partial charge in [0.05, 0.1) is 11.9 Å². The van der Waals surface area contributed by atoms with Crippen molar-refractivity contribution in [2.75, 3.05) is 11.9 Å². The number of nitrogens with two attached hydrogens (primary N) is 1. The largest absolute Gasteiger partial charge is 0.409 e. The lowest BCUT2D eigenvalue weighted by Gasteiger charge is -2.28. The van der Waals surface area contributed by atoms with Gasteiger partial charge < -0.3 is 15.8 Å². The summed E-state index contributed by atoms with van der Waals surface area (Å²) in [6.07, 6.45) is 2.86. The second-order valence-electron chi connectivity index (χ2n) is 4.98. The molecule has 3 N–H and O–H groups in total. The minimum Gasteiger partial charge on any atom is -0.409 e. The van der Waals surface area contributed by atoms with E-state index >= 15 is 0 Å². The molecule has 0 fully saturated rings. The normalized spacial score (nSPS) is 13.7. The van der Waals surface area contributed by atoms with Gasteiger partial charge in [-0.3, -0.25) is 4.98 Å². The third-order valence-corrected chi connectivity index (χ3v) is 3.00. The van der Waals surface area contributed by atoms with Crippen LogP contribution in [-0.2, 0) is 0 Å². The summed E-state index contributed by atoms with van der Waals surface area (Å²) in [5, 5.41) is 11.5. The first-order valence-corrected chi connectivity index (χ1v) is 6.12. The lowest BCUT2D eigenvalue weighted by Crippen LogP contribution is -2.30. The molecule has 18 heavy (non-hydrogen) atoms. The van der Waals surface area contributed by atoms with Crippen molar-refractivity contribution in [1.29, 1.82) is 0 Å². The number of aromatic nitrogens is 1. The van der Waals surface area contributed by atoms with E-state index in [1.807, 2.05) is 13.1 Å². The van der Waals surface area contributed by atoms with Crippen LogP contribution in [0.15, 0.2) is 23.5 Å². The number of hydrogen-bond donors (Lipinski definition) is 2. The summed E-state index contributed by atoms with van der Waals surface area (Å²) in [6, 6.07) is 4.13. The second kappa shape index (κ2) is 6.23. The summed E-state index contributed by atoms with van der Waals surface area (Å²) in [4.78, 5) is 6.36. The fourth-order valence-corrected chi connectivity index (χ4v) is 1.89. The Kier molecular flexibility index (Phi) is 4.95. The molecule has 0 aromatic carbocycles. The van der Waals surface area contributed by atoms with Crippen LogP contribution in [0.3, 0.4) is 0 Å². The van der Waals surface area contributed by atoms with Gasteiger partial charge in [-0.05, 0) is 31.4 Å². The molecule has 0 aliphatic rings. The highest BCUT2D eigenvalue weighted by atomic mass is 16.4. The summed E-state index contributed by atoms with van der Waals surface area (Å²) in [7, 11) is 2.05. The molecule has 0 radical (unpaired) electrons. The van der Waals surface area contributed by atoms with Gasteiger partial charge in [-0.25, -0.2) is 0 Å². The van der Waals surface area contributed by atoms with Crippen LogP contribution in [-0.4, -0.2) is 29.1 Å². The van der Waals surface area contributed by atoms with Crippen molar-refractivity contribution in [3.05, 3.63) is 24.0 Å². The quantitative estimate of drug-likeness (QED) is 0.363. The van der Waals surface area contributed by atoms with E-state index in [2.05, 4.69) is 35.8 Å². The van der Waals surface area contributed by atoms with E-state index in [1.165, 1.54) is 0 Å². The van der Waals surface area contributed by atoms with Gasteiger partial charge in [0.25, 0.3) is 0 Å². The molecule has 0 amide bonds. The predicted octanol–water partition coefficient (Wildman–Crippen LogP) is 2.05. The molecule has 1 heterocycles. The molecule has 0 aliphatic carbocycles. The maximum atomic E-state index is 8.57. The zero-order valence-electron chi connectivity index (χ0n) is 11.5. The van der Waals surface area contributed by atoms with Gasteiger partial charge >= 0.3 is 0 Å². The zero-order chi connectivity index (χ0) is 13.7. The number of hydrogen-bond acceptors (Lipinski definition) is 4. The molecule has 1 unspecified atom stereocenters. The van der Waals surface area contributed by atoms with E-state index in [0.717, 1.165) is 12.1 Å². The smallest absolute Gasteiger partial charge is 0.188 e. The Balaban J connectivity index is 2.78. The minimum absolute atomic E-state index is 0.0273. The summed E-state index contributed by atoms with van der Waals surface area (Å²) in [6.45, 7) is 6.62. The Morgan fingerprint density at radius 2 is 2.11 bits per heavy atom. The lowest BCUT2D eigenvalue weighted by molar-refractivity contribution is 0.318. The molecule has 0 bridgehead atoms. The Hall–Kier alpha value is -1.78. The van der Waals surface area contributed by atoms with Crippen molar-refractivity contribution in [1.82, 2.24) is 4.98 Å². The fraction of sp³-hybridized carbons (Fsp3) is 0.538. The summed E-state index contributed by atoms with van der Waals surface area (Å²) in [5.41, 5.74) is 6.97. The number of anilines is 1. The number of amidine groups is 1. The van der Waals surface area contributed by atoms with Gasteiger partial charge in [-0.2, -0.15) is 0 Å². The third kappa shape index (κ3) is 3.61. The molecule has 5 heteroatoms. The Labute approximate surface area is 108 Å². The SMILES string of the molecule is CC(C)CC(C)N(C)c1ccc(/C(N)=N/O)nc1. The topological polar surface area (TPSA) is 74.7 Å². The van der Waals surface area contributed by atoms with Gasteiger partial charge in [-0.15, -0.1) is 0 Å². The van der Waals surface area contributed by atoms with Crippen LogP contribution in [0.2, 0.25) is 0 Å². The van der Waals surface area contributed by atoms with Crippen LogP contribution in [0, 0.1) is 5.92 Å². The Bertz CT molecular complexity index is 400. The molecule has 1 aromatic heterocycles. The van der Waals surface area contributed by atoms with E-state index in [0.29, 0.717) is 17.7 Å². The van der Waals surface area contributed by atoms with E-state index in [1.54, 1.807) is 12.3 Å². The zero-order valence-corrected chi connectivity index (χ0v) is 11.5. The number of pyridine rings is 1. The highest BCUT2D eigenvalue weighted by Crippen LogP contribution is 2.18. The van der Waals surface area contributed by atoms with Gasteiger partial charge in [0.1, 0.15) is 5.69 Å². The molecule has 1 atom stereocenters. The van der Waals surface area contributed by atoms with E-state index < -0.39 is 0 Å². The van der Waals surface area contributed by atoms with Crippen molar-refractivity contribution in [2.45, 2.75) is 33.2 Å². The first-order valence-electron chi connectivity index (χ1n) is 6.12. The third-order valence-electron chi connectivity index (χ3n) is 3.00. The first kappa shape index (κ1) is 14.3. The maximum Gasteiger partial charge on any atom is 0.188 e. The van der Waals surface area contributed by atoms with Crippen molar-refractivity contribution < 1.29 is 5.21 Å². The molecular formula is C13H22N4O. The lowest BCUT2D eigenvalue weighted by atomic mass is 10.0. The van der Waals surface area contributed by atoms with Gasteiger partial charge in [-0.1, -0.05) is 19.0 Å². The molecule has 1 rings (SSSR count). The van der Waals surface area contributed by atoms with Gasteiger partial charge in [0.2, 0.25) is 0 Å². The van der Waals surface area contributed by atoms with Crippen LogP contribution in [0.25, 0.3) is 0 Å². The standard InChI is InChI=1S/C13H22N4O/c1-9(2)7-10(3)17(4)11-5-6-12(15-8-11)13(14)16-18/h5-6,8-10,18H,7H2,1-4H3,(H2,14,16). The van der Waals surface area contributed by atoms with Crippen molar-refractivity contribution in [2.24, 2.45) is 16.8 Å². The van der Waals surface area contributed by atoms with Crippen LogP contribution in [0.1, 0.15) is 32.9 Å². The molecule has 0 aliphatic heterocycles. The Morgan fingerprint density at radius 1 is 1.44 bits per heavy atom. The molecule has 5 nitrogen and oxygen atoms in total. The highest BCUT2D eigenvalue weighted by Gasteiger charge is 2.12. The fourth-order valence-electron chi connectivity index (χ4n) is 1.89. The average Bonchev–Trinajstić information content (AvgIpc) is 2.36. The van der Waals surface area contributed by atoms with Crippen LogP contribution in [0.5, 0.6) is 0 Å². The maximum absolute atomic E-state index is 8.57. The monoisotopic (exact) mass is 250 g/mol. The molecule has 0 spiro atoms. The summed E-state index contributed by atoms with van der Waals surface area (Å²) < 4.78 is 0. The van der Waals surface area contributed by atoms with E-state index in [9.17, 15) is 0 Å². The van der Waals surface area contributed by atoms with Crippen LogP contribution < -0.4 is 10.6 Å². The summed E-state index contributed by atoms with van der Waals surface area (Å²) in [5.74, 6) is 0.686. The van der Waals surface area contributed by atoms with Crippen molar-refractivity contribution >= 4 is 11.5 Å². The molecule has 1 aromatic rings. The minimum atomic E-state index is 0.0273. The Morgan fingerprint density at radius 3 is 2.56 bits per heavy atom. The van der Waals surface area contributed by atoms with E-state index in [-0.39, 0.29) is 5.84 Å². The number of nitrogens with zero attached hydrogens (tertiary/aromatic N) is 3. The van der Waals surface area contributed by atoms with Crippen LogP contribution >= 0.6 is 0 Å². The first-order chi connectivity index (χ1) is 8.45. The number of rotatable bonds is 5. The average molecular weight is 250 g/mol. The number of oxime groups is 1. The van der Waals surface area contributed by atoms with Crippen molar-refractivity contribution in [3.63, 3.8) is 0 Å². The van der Waals surface area contributed by atoms with Gasteiger partial charge in [0.15, 0.2) is 5.84 Å². The summed E-state index contributed by atoms with van der Waals surface area (Å²) >= 11 is 0.